The molecule has 2 atom stereocenters. The maximum Gasteiger partial charge on any atom is 0.308 e. The standard InChI is InChI=1S/C11H15NO4/c1-7(13)16-9-4-2-8(3-5-9)11(15)10(14)6-12/h2-5,10-11,14-15H,6,12H2,1H3. The van der Waals surface area contributed by atoms with E-state index in [-0.39, 0.29) is 6.54 Å². The van der Waals surface area contributed by atoms with Crippen molar-refractivity contribution in [2.45, 2.75) is 19.1 Å². The van der Waals surface area contributed by atoms with Gasteiger partial charge in [0, 0.05) is 13.5 Å². The lowest BCUT2D eigenvalue weighted by atomic mass is 10.0. The lowest BCUT2D eigenvalue weighted by Crippen LogP contribution is -2.27. The van der Waals surface area contributed by atoms with Gasteiger partial charge in [-0.2, -0.15) is 0 Å². The van der Waals surface area contributed by atoms with Crippen LogP contribution in [0.2, 0.25) is 0 Å². The Labute approximate surface area is 93.5 Å². The van der Waals surface area contributed by atoms with Crippen LogP contribution in [-0.4, -0.2) is 28.8 Å². The van der Waals surface area contributed by atoms with Crippen molar-refractivity contribution in [1.29, 1.82) is 0 Å². The van der Waals surface area contributed by atoms with Crippen LogP contribution in [0.3, 0.4) is 0 Å². The van der Waals surface area contributed by atoms with E-state index in [0.29, 0.717) is 11.3 Å². The minimum absolute atomic E-state index is 0.0210. The van der Waals surface area contributed by atoms with Crippen LogP contribution in [-0.2, 0) is 4.79 Å². The van der Waals surface area contributed by atoms with Gasteiger partial charge in [-0.05, 0) is 17.7 Å². The fourth-order valence-corrected chi connectivity index (χ4v) is 1.25. The molecule has 1 aromatic carbocycles. The van der Waals surface area contributed by atoms with Gasteiger partial charge in [0.25, 0.3) is 0 Å². The molecule has 0 aliphatic heterocycles. The quantitative estimate of drug-likeness (QED) is 0.494. The molecular formula is C11H15NO4. The minimum atomic E-state index is -1.03. The van der Waals surface area contributed by atoms with Gasteiger partial charge in [-0.25, -0.2) is 0 Å². The number of esters is 1. The number of carbonyl (C=O) groups excluding carboxylic acids is 1. The summed E-state index contributed by atoms with van der Waals surface area (Å²) >= 11 is 0. The summed E-state index contributed by atoms with van der Waals surface area (Å²) in [5.41, 5.74) is 5.75. The molecule has 88 valence electrons. The number of aliphatic hydroxyl groups is 2. The number of hydrogen-bond donors (Lipinski definition) is 3. The van der Waals surface area contributed by atoms with E-state index in [1.807, 2.05) is 0 Å². The van der Waals surface area contributed by atoms with Crippen molar-refractivity contribution in [3.63, 3.8) is 0 Å². The molecule has 0 aliphatic rings. The SMILES string of the molecule is CC(=O)Oc1ccc(C(O)C(O)CN)cc1. The fourth-order valence-electron chi connectivity index (χ4n) is 1.25. The van der Waals surface area contributed by atoms with E-state index in [2.05, 4.69) is 0 Å². The number of ether oxygens (including phenoxy) is 1. The summed E-state index contributed by atoms with van der Waals surface area (Å²) in [6.45, 7) is 1.29. The van der Waals surface area contributed by atoms with Gasteiger partial charge < -0.3 is 20.7 Å². The Kier molecular flexibility index (Phi) is 4.42. The number of carbonyl (C=O) groups is 1. The van der Waals surface area contributed by atoms with E-state index >= 15 is 0 Å². The molecule has 0 aromatic heterocycles. The summed E-state index contributed by atoms with van der Waals surface area (Å²) in [4.78, 5) is 10.7. The largest absolute Gasteiger partial charge is 0.427 e. The third-order valence-corrected chi connectivity index (χ3v) is 2.09. The highest BCUT2D eigenvalue weighted by Crippen LogP contribution is 2.20. The van der Waals surface area contributed by atoms with Gasteiger partial charge in [-0.1, -0.05) is 12.1 Å². The van der Waals surface area contributed by atoms with E-state index in [9.17, 15) is 15.0 Å². The molecule has 0 heterocycles. The Morgan fingerprint density at radius 1 is 1.38 bits per heavy atom. The topological polar surface area (TPSA) is 92.8 Å². The zero-order valence-corrected chi connectivity index (χ0v) is 8.96. The predicted octanol–water partition coefficient (Wildman–Crippen LogP) is -0.0351. The van der Waals surface area contributed by atoms with Crippen molar-refractivity contribution >= 4 is 5.97 Å². The normalized spacial score (nSPS) is 14.2. The first-order valence-corrected chi connectivity index (χ1v) is 4.89. The van der Waals surface area contributed by atoms with E-state index in [1.165, 1.54) is 6.92 Å². The minimum Gasteiger partial charge on any atom is -0.427 e. The summed E-state index contributed by atoms with van der Waals surface area (Å²) in [5.74, 6) is -0.0130. The summed E-state index contributed by atoms with van der Waals surface area (Å²) in [5, 5.41) is 19.0. The molecule has 0 radical (unpaired) electrons. The molecule has 0 fully saturated rings. The summed E-state index contributed by atoms with van der Waals surface area (Å²) in [6, 6.07) is 6.23. The van der Waals surface area contributed by atoms with Crippen molar-refractivity contribution in [3.05, 3.63) is 29.8 Å². The average molecular weight is 225 g/mol. The number of aliphatic hydroxyl groups excluding tert-OH is 2. The molecule has 5 heteroatoms. The first-order chi connectivity index (χ1) is 7.54. The molecule has 0 bridgehead atoms. The Balaban J connectivity index is 2.74. The van der Waals surface area contributed by atoms with Crippen LogP contribution in [0.4, 0.5) is 0 Å². The number of nitrogens with two attached hydrogens (primary N) is 1. The molecule has 1 rings (SSSR count). The number of hydrogen-bond acceptors (Lipinski definition) is 5. The van der Waals surface area contributed by atoms with Crippen LogP contribution in [0, 0.1) is 0 Å². The molecule has 4 N–H and O–H groups in total. The smallest absolute Gasteiger partial charge is 0.308 e. The van der Waals surface area contributed by atoms with E-state index in [1.54, 1.807) is 24.3 Å². The Hall–Kier alpha value is -1.43. The lowest BCUT2D eigenvalue weighted by Gasteiger charge is -2.16. The van der Waals surface area contributed by atoms with Gasteiger partial charge in [0.2, 0.25) is 0 Å². The van der Waals surface area contributed by atoms with Crippen LogP contribution >= 0.6 is 0 Å². The third-order valence-electron chi connectivity index (χ3n) is 2.09. The average Bonchev–Trinajstić information content (AvgIpc) is 2.27. The molecule has 0 saturated carbocycles. The first-order valence-electron chi connectivity index (χ1n) is 4.89. The van der Waals surface area contributed by atoms with Crippen molar-refractivity contribution in [2.75, 3.05) is 6.54 Å². The molecule has 0 spiro atoms. The van der Waals surface area contributed by atoms with Crippen LogP contribution in [0.5, 0.6) is 5.75 Å². The van der Waals surface area contributed by atoms with Crippen LogP contribution in [0.15, 0.2) is 24.3 Å². The molecule has 2 unspecified atom stereocenters. The molecule has 0 amide bonds. The summed E-state index contributed by atoms with van der Waals surface area (Å²) in [7, 11) is 0. The van der Waals surface area contributed by atoms with Crippen molar-refractivity contribution < 1.29 is 19.7 Å². The van der Waals surface area contributed by atoms with Crippen molar-refractivity contribution in [2.24, 2.45) is 5.73 Å². The third kappa shape index (κ3) is 3.30. The summed E-state index contributed by atoms with van der Waals surface area (Å²) in [6.07, 6.45) is -2.03. The van der Waals surface area contributed by atoms with E-state index in [4.69, 9.17) is 10.5 Å². The molecular weight excluding hydrogens is 210 g/mol. The second-order valence-corrected chi connectivity index (χ2v) is 3.41. The predicted molar refractivity (Wildman–Crippen MR) is 57.8 cm³/mol. The highest BCUT2D eigenvalue weighted by molar-refractivity contribution is 5.69. The number of rotatable bonds is 4. The fraction of sp³-hybridized carbons (Fsp3) is 0.364. The molecule has 0 saturated heterocycles. The molecule has 5 nitrogen and oxygen atoms in total. The van der Waals surface area contributed by atoms with Gasteiger partial charge in [0.1, 0.15) is 11.9 Å². The zero-order chi connectivity index (χ0) is 12.1. The molecule has 1 aromatic rings. The summed E-state index contributed by atoms with van der Waals surface area (Å²) < 4.78 is 4.83. The van der Waals surface area contributed by atoms with Gasteiger partial charge in [0.05, 0.1) is 6.10 Å². The first kappa shape index (κ1) is 12.6. The monoisotopic (exact) mass is 225 g/mol. The lowest BCUT2D eigenvalue weighted by molar-refractivity contribution is -0.131. The Morgan fingerprint density at radius 2 is 1.94 bits per heavy atom. The van der Waals surface area contributed by atoms with Gasteiger partial charge in [-0.15, -0.1) is 0 Å². The van der Waals surface area contributed by atoms with Crippen LogP contribution in [0.25, 0.3) is 0 Å². The maximum atomic E-state index is 10.7. The molecule has 0 aliphatic carbocycles. The second kappa shape index (κ2) is 5.60. The van der Waals surface area contributed by atoms with Crippen molar-refractivity contribution in [1.82, 2.24) is 0 Å². The Morgan fingerprint density at radius 3 is 2.38 bits per heavy atom. The highest BCUT2D eigenvalue weighted by Gasteiger charge is 2.16. The molecule has 16 heavy (non-hydrogen) atoms. The van der Waals surface area contributed by atoms with Gasteiger partial charge in [-0.3, -0.25) is 4.79 Å². The van der Waals surface area contributed by atoms with Crippen molar-refractivity contribution in [3.8, 4) is 5.75 Å². The van der Waals surface area contributed by atoms with E-state index in [0.717, 1.165) is 0 Å². The Bertz CT molecular complexity index is 350. The van der Waals surface area contributed by atoms with Gasteiger partial charge in [0.15, 0.2) is 0 Å². The second-order valence-electron chi connectivity index (χ2n) is 3.41. The van der Waals surface area contributed by atoms with Gasteiger partial charge >= 0.3 is 5.97 Å². The zero-order valence-electron chi connectivity index (χ0n) is 8.96. The van der Waals surface area contributed by atoms with Crippen LogP contribution in [0.1, 0.15) is 18.6 Å². The number of benzene rings is 1. The highest BCUT2D eigenvalue weighted by atomic mass is 16.5. The van der Waals surface area contributed by atoms with Crippen LogP contribution < -0.4 is 10.5 Å². The van der Waals surface area contributed by atoms with E-state index < -0.39 is 18.2 Å². The maximum absolute atomic E-state index is 10.7.